The zero-order valence-corrected chi connectivity index (χ0v) is 16.0. The van der Waals surface area contributed by atoms with E-state index < -0.39 is 0 Å². The van der Waals surface area contributed by atoms with Crippen molar-refractivity contribution in [1.29, 1.82) is 0 Å². The zero-order chi connectivity index (χ0) is 19.2. The Kier molecular flexibility index (Phi) is 6.58. The lowest BCUT2D eigenvalue weighted by Crippen LogP contribution is -2.50. The number of nitrogens with one attached hydrogen (secondary N) is 2. The Morgan fingerprint density at radius 2 is 2.11 bits per heavy atom. The van der Waals surface area contributed by atoms with Gasteiger partial charge in [0.2, 0.25) is 5.91 Å². The van der Waals surface area contributed by atoms with Crippen molar-refractivity contribution in [2.75, 3.05) is 26.2 Å². The molecule has 1 aliphatic heterocycles. The van der Waals surface area contributed by atoms with E-state index in [0.29, 0.717) is 6.54 Å². The Morgan fingerprint density at radius 3 is 2.89 bits per heavy atom. The van der Waals surface area contributed by atoms with Gasteiger partial charge in [0, 0.05) is 31.7 Å². The zero-order valence-electron chi connectivity index (χ0n) is 16.0. The lowest BCUT2D eigenvalue weighted by Gasteiger charge is -2.36. The van der Waals surface area contributed by atoms with Gasteiger partial charge < -0.3 is 10.6 Å². The number of carbonyl (C=O) groups is 1. The smallest absolute Gasteiger partial charge is 0.234 e. The van der Waals surface area contributed by atoms with Crippen LogP contribution in [0.5, 0.6) is 0 Å². The highest BCUT2D eigenvalue weighted by Crippen LogP contribution is 2.22. The van der Waals surface area contributed by atoms with Crippen LogP contribution in [-0.2, 0) is 11.2 Å². The molecule has 1 amide bonds. The first-order valence-corrected chi connectivity index (χ1v) is 9.57. The normalized spacial score (nSPS) is 18.9. The second-order valence-electron chi connectivity index (χ2n) is 7.34. The number of nitrogens with zero attached hydrogens (tertiary/aromatic N) is 1. The van der Waals surface area contributed by atoms with E-state index in [1.807, 2.05) is 25.1 Å². The number of benzene rings is 2. The van der Waals surface area contributed by atoms with Crippen molar-refractivity contribution < 1.29 is 9.18 Å². The van der Waals surface area contributed by atoms with E-state index >= 15 is 0 Å². The van der Waals surface area contributed by atoms with Gasteiger partial charge in [-0.05, 0) is 49.1 Å². The van der Waals surface area contributed by atoms with Crippen LogP contribution >= 0.6 is 0 Å². The number of hydrogen-bond donors (Lipinski definition) is 2. The molecule has 2 aromatic rings. The summed E-state index contributed by atoms with van der Waals surface area (Å²) in [5, 5.41) is 6.45. The molecule has 0 saturated carbocycles. The van der Waals surface area contributed by atoms with E-state index in [4.69, 9.17) is 0 Å². The highest BCUT2D eigenvalue weighted by molar-refractivity contribution is 5.78. The van der Waals surface area contributed by atoms with Crippen molar-refractivity contribution in [2.24, 2.45) is 0 Å². The van der Waals surface area contributed by atoms with Crippen molar-refractivity contribution in [3.8, 4) is 0 Å². The Morgan fingerprint density at radius 1 is 1.30 bits per heavy atom. The topological polar surface area (TPSA) is 44.4 Å². The van der Waals surface area contributed by atoms with Crippen LogP contribution in [0.15, 0.2) is 48.5 Å². The molecule has 2 unspecified atom stereocenters. The van der Waals surface area contributed by atoms with Gasteiger partial charge in [-0.25, -0.2) is 4.39 Å². The molecule has 1 heterocycles. The molecule has 2 N–H and O–H groups in total. The summed E-state index contributed by atoms with van der Waals surface area (Å²) in [7, 11) is 0. The van der Waals surface area contributed by atoms with E-state index in [2.05, 4.69) is 34.6 Å². The van der Waals surface area contributed by atoms with Gasteiger partial charge in [0.25, 0.3) is 0 Å². The average Bonchev–Trinajstić information content (AvgIpc) is 2.64. The van der Waals surface area contributed by atoms with E-state index in [9.17, 15) is 9.18 Å². The Hall–Kier alpha value is -2.24. The van der Waals surface area contributed by atoms with Gasteiger partial charge in [-0.3, -0.25) is 9.69 Å². The molecule has 2 atom stereocenters. The van der Waals surface area contributed by atoms with Crippen molar-refractivity contribution in [1.82, 2.24) is 15.5 Å². The number of aryl methyl sites for hydroxylation is 1. The molecule has 1 aliphatic rings. The summed E-state index contributed by atoms with van der Waals surface area (Å²) in [6, 6.07) is 15.0. The molecular weight excluding hydrogens is 341 g/mol. The molecule has 1 fully saturated rings. The van der Waals surface area contributed by atoms with Crippen molar-refractivity contribution in [3.63, 3.8) is 0 Å². The summed E-state index contributed by atoms with van der Waals surface area (Å²) < 4.78 is 13.6. The molecule has 0 aromatic heterocycles. The minimum atomic E-state index is -0.241. The van der Waals surface area contributed by atoms with Crippen LogP contribution in [0.3, 0.4) is 0 Å². The van der Waals surface area contributed by atoms with Gasteiger partial charge in [0.05, 0.1) is 6.54 Å². The molecule has 144 valence electrons. The summed E-state index contributed by atoms with van der Waals surface area (Å²) in [6.45, 7) is 6.76. The third-order valence-corrected chi connectivity index (χ3v) is 5.13. The summed E-state index contributed by atoms with van der Waals surface area (Å²) in [6.07, 6.45) is 0.813. The van der Waals surface area contributed by atoms with Crippen molar-refractivity contribution >= 4 is 5.91 Å². The molecule has 27 heavy (non-hydrogen) atoms. The van der Waals surface area contributed by atoms with Crippen LogP contribution in [0.25, 0.3) is 0 Å². The van der Waals surface area contributed by atoms with E-state index in [0.717, 1.165) is 31.6 Å². The lowest BCUT2D eigenvalue weighted by atomic mass is 10.0. The highest BCUT2D eigenvalue weighted by atomic mass is 19.1. The van der Waals surface area contributed by atoms with E-state index in [-0.39, 0.29) is 23.8 Å². The molecule has 0 aliphatic carbocycles. The Balaban J connectivity index is 1.59. The SMILES string of the molecule is Cc1ccccc1CC(C)NC(=O)CN1CCNCC1c1cccc(F)c1. The number of rotatable bonds is 6. The number of hydrogen-bond acceptors (Lipinski definition) is 3. The summed E-state index contributed by atoms with van der Waals surface area (Å²) in [4.78, 5) is 14.7. The quantitative estimate of drug-likeness (QED) is 0.823. The maximum absolute atomic E-state index is 13.6. The predicted octanol–water partition coefficient (Wildman–Crippen LogP) is 2.83. The predicted molar refractivity (Wildman–Crippen MR) is 106 cm³/mol. The highest BCUT2D eigenvalue weighted by Gasteiger charge is 2.26. The minimum absolute atomic E-state index is 0.00636. The fraction of sp³-hybridized carbons (Fsp3) is 0.409. The molecule has 0 spiro atoms. The van der Waals surface area contributed by atoms with Crippen LogP contribution in [0.2, 0.25) is 0 Å². The van der Waals surface area contributed by atoms with Gasteiger partial charge in [-0.2, -0.15) is 0 Å². The fourth-order valence-electron chi connectivity index (χ4n) is 3.70. The number of piperazine rings is 1. The number of halogens is 1. The monoisotopic (exact) mass is 369 g/mol. The third-order valence-electron chi connectivity index (χ3n) is 5.13. The van der Waals surface area contributed by atoms with Crippen LogP contribution in [-0.4, -0.2) is 43.0 Å². The first kappa shape index (κ1) is 19.5. The molecule has 0 radical (unpaired) electrons. The second kappa shape index (κ2) is 9.11. The molecule has 3 rings (SSSR count). The maximum atomic E-state index is 13.6. The molecular formula is C22H28FN3O. The average molecular weight is 369 g/mol. The van der Waals surface area contributed by atoms with Gasteiger partial charge in [-0.15, -0.1) is 0 Å². The molecule has 5 heteroatoms. The Bertz CT molecular complexity index is 780. The molecule has 1 saturated heterocycles. The Labute approximate surface area is 160 Å². The van der Waals surface area contributed by atoms with Crippen LogP contribution < -0.4 is 10.6 Å². The maximum Gasteiger partial charge on any atom is 0.234 e. The summed E-state index contributed by atoms with van der Waals surface area (Å²) in [5.41, 5.74) is 3.40. The lowest BCUT2D eigenvalue weighted by molar-refractivity contribution is -0.123. The largest absolute Gasteiger partial charge is 0.352 e. The van der Waals surface area contributed by atoms with E-state index in [1.54, 1.807) is 12.1 Å². The van der Waals surface area contributed by atoms with E-state index in [1.165, 1.54) is 17.2 Å². The first-order chi connectivity index (χ1) is 13.0. The number of carbonyl (C=O) groups excluding carboxylic acids is 1. The van der Waals surface area contributed by atoms with Gasteiger partial charge >= 0.3 is 0 Å². The van der Waals surface area contributed by atoms with Crippen molar-refractivity contribution in [2.45, 2.75) is 32.4 Å². The standard InChI is InChI=1S/C22H28FN3O/c1-16-6-3-4-7-18(16)12-17(2)25-22(27)15-26-11-10-24-14-21(26)19-8-5-9-20(23)13-19/h3-9,13,17,21,24H,10-12,14-15H2,1-2H3,(H,25,27). The summed E-state index contributed by atoms with van der Waals surface area (Å²) in [5.74, 6) is -0.228. The first-order valence-electron chi connectivity index (χ1n) is 9.57. The van der Waals surface area contributed by atoms with Crippen LogP contribution in [0, 0.1) is 12.7 Å². The second-order valence-corrected chi connectivity index (χ2v) is 7.34. The van der Waals surface area contributed by atoms with Crippen LogP contribution in [0.4, 0.5) is 4.39 Å². The molecule has 4 nitrogen and oxygen atoms in total. The van der Waals surface area contributed by atoms with Gasteiger partial charge in [0.1, 0.15) is 5.82 Å². The third kappa shape index (κ3) is 5.37. The van der Waals surface area contributed by atoms with Gasteiger partial charge in [0.15, 0.2) is 0 Å². The van der Waals surface area contributed by atoms with Crippen LogP contribution in [0.1, 0.15) is 29.7 Å². The minimum Gasteiger partial charge on any atom is -0.352 e. The molecule has 2 aromatic carbocycles. The van der Waals surface area contributed by atoms with Gasteiger partial charge in [-0.1, -0.05) is 36.4 Å². The summed E-state index contributed by atoms with van der Waals surface area (Å²) >= 11 is 0. The van der Waals surface area contributed by atoms with Crippen molar-refractivity contribution in [3.05, 3.63) is 71.0 Å². The number of amides is 1. The fourth-order valence-corrected chi connectivity index (χ4v) is 3.70. The molecule has 0 bridgehead atoms.